The van der Waals surface area contributed by atoms with Crippen LogP contribution in [0.25, 0.3) is 0 Å². The number of aliphatic hydroxyl groups is 1. The van der Waals surface area contributed by atoms with Crippen LogP contribution in [0.2, 0.25) is 0 Å². The molecule has 0 spiro atoms. The fourth-order valence-electron chi connectivity index (χ4n) is 8.98. The molecule has 200 valence electrons. The molecule has 1 aliphatic heterocycles. The molecule has 0 amide bonds. The molecule has 3 fully saturated rings. The molecule has 2 aromatic carbocycles. The first kappa shape index (κ1) is 25.2. The van der Waals surface area contributed by atoms with E-state index in [4.69, 9.17) is 4.74 Å². The third-order valence-corrected chi connectivity index (χ3v) is 11.1. The van der Waals surface area contributed by atoms with E-state index >= 15 is 0 Å². The predicted octanol–water partition coefficient (Wildman–Crippen LogP) is 6.65. The van der Waals surface area contributed by atoms with Crippen LogP contribution in [0.5, 0.6) is 11.5 Å². The lowest BCUT2D eigenvalue weighted by molar-refractivity contribution is -0.110. The van der Waals surface area contributed by atoms with E-state index in [9.17, 15) is 10.2 Å². The average molecular weight is 504 g/mol. The molecule has 37 heavy (non-hydrogen) atoms. The second-order valence-corrected chi connectivity index (χ2v) is 12.7. The number of aromatic hydroxyl groups is 1. The lowest BCUT2D eigenvalue weighted by Crippen LogP contribution is -2.52. The standard InChI is InChI=1S/C33H45NO3/c1-3-33(36)16-15-30-28-13-9-24-21-25(35)10-14-27(24)31(28)29(22-32(30,33)2)23-7-11-26(12-8-23)37-20-19-34-17-5-4-6-18-34/h7-8,10-12,14,21,28-31,35-36H,3-6,9,13,15-20,22H2,1-2H3/t28-,29+,30-,31+,32-,33-/m0/s1. The fourth-order valence-corrected chi connectivity index (χ4v) is 8.98. The molecular formula is C33H45NO3. The van der Waals surface area contributed by atoms with Crippen LogP contribution in [-0.2, 0) is 6.42 Å². The van der Waals surface area contributed by atoms with Crippen LogP contribution in [0.3, 0.4) is 0 Å². The molecule has 1 heterocycles. The maximum absolute atomic E-state index is 11.8. The molecule has 0 unspecified atom stereocenters. The summed E-state index contributed by atoms with van der Waals surface area (Å²) in [6.07, 6.45) is 10.1. The van der Waals surface area contributed by atoms with Gasteiger partial charge in [0.1, 0.15) is 18.1 Å². The first-order valence-corrected chi connectivity index (χ1v) is 14.9. The number of hydrogen-bond donors (Lipinski definition) is 2. The Morgan fingerprint density at radius 3 is 2.57 bits per heavy atom. The van der Waals surface area contributed by atoms with Gasteiger partial charge >= 0.3 is 0 Å². The Morgan fingerprint density at radius 1 is 1.03 bits per heavy atom. The lowest BCUT2D eigenvalue weighted by atomic mass is 9.49. The molecule has 2 aromatic rings. The van der Waals surface area contributed by atoms with Gasteiger partial charge in [-0.05, 0) is 134 Å². The summed E-state index contributed by atoms with van der Waals surface area (Å²) in [5.74, 6) is 3.25. The molecule has 4 aliphatic rings. The second-order valence-electron chi connectivity index (χ2n) is 12.7. The van der Waals surface area contributed by atoms with E-state index < -0.39 is 5.60 Å². The van der Waals surface area contributed by atoms with Gasteiger partial charge in [-0.15, -0.1) is 0 Å². The lowest BCUT2D eigenvalue weighted by Gasteiger charge is -2.56. The Kier molecular flexibility index (Phi) is 6.77. The normalized spacial score (nSPS) is 35.4. The molecule has 3 aliphatic carbocycles. The van der Waals surface area contributed by atoms with Crippen LogP contribution in [0, 0.1) is 17.3 Å². The number of benzene rings is 2. The maximum atomic E-state index is 11.8. The monoisotopic (exact) mass is 503 g/mol. The summed E-state index contributed by atoms with van der Waals surface area (Å²) in [5.41, 5.74) is 3.47. The Morgan fingerprint density at radius 2 is 1.81 bits per heavy atom. The number of nitrogens with zero attached hydrogens (tertiary/aromatic N) is 1. The maximum Gasteiger partial charge on any atom is 0.119 e. The van der Waals surface area contributed by atoms with Crippen molar-refractivity contribution in [3.63, 3.8) is 0 Å². The molecule has 0 aromatic heterocycles. The quantitative estimate of drug-likeness (QED) is 0.464. The third-order valence-electron chi connectivity index (χ3n) is 11.1. The van der Waals surface area contributed by atoms with Crippen molar-refractivity contribution >= 4 is 0 Å². The largest absolute Gasteiger partial charge is 0.508 e. The minimum absolute atomic E-state index is 0.0639. The number of phenolic OH excluding ortho intramolecular Hbond substituents is 1. The highest BCUT2D eigenvalue weighted by Gasteiger charge is 2.63. The minimum atomic E-state index is -0.576. The molecule has 6 rings (SSSR count). The van der Waals surface area contributed by atoms with Gasteiger partial charge in [0, 0.05) is 6.54 Å². The van der Waals surface area contributed by atoms with Gasteiger partial charge in [-0.25, -0.2) is 0 Å². The summed E-state index contributed by atoms with van der Waals surface area (Å²) >= 11 is 0. The summed E-state index contributed by atoms with van der Waals surface area (Å²) in [6, 6.07) is 15.0. The van der Waals surface area contributed by atoms with Crippen molar-refractivity contribution in [1.29, 1.82) is 0 Å². The number of hydrogen-bond acceptors (Lipinski definition) is 4. The number of phenols is 1. The highest BCUT2D eigenvalue weighted by Crippen LogP contribution is 2.68. The summed E-state index contributed by atoms with van der Waals surface area (Å²) in [5, 5.41) is 22.0. The van der Waals surface area contributed by atoms with Crippen molar-refractivity contribution < 1.29 is 14.9 Å². The second kappa shape index (κ2) is 9.93. The Bertz CT molecular complexity index is 1090. The van der Waals surface area contributed by atoms with E-state index in [1.165, 1.54) is 49.0 Å². The van der Waals surface area contributed by atoms with Gasteiger partial charge in [-0.1, -0.05) is 38.5 Å². The summed E-state index contributed by atoms with van der Waals surface area (Å²) in [6.45, 7) is 8.72. The molecule has 4 nitrogen and oxygen atoms in total. The third kappa shape index (κ3) is 4.38. The zero-order valence-electron chi connectivity index (χ0n) is 22.8. The SMILES string of the molecule is CC[C@]1(O)CC[C@H]2[C@@H]3CCc4cc(O)ccc4[C@H]3[C@@H](c3ccc(OCCN4CCCCC4)cc3)C[C@@]21C. The van der Waals surface area contributed by atoms with Crippen LogP contribution in [0.1, 0.15) is 93.7 Å². The molecule has 4 heteroatoms. The van der Waals surface area contributed by atoms with Crippen molar-refractivity contribution in [1.82, 2.24) is 4.90 Å². The molecular weight excluding hydrogens is 458 g/mol. The van der Waals surface area contributed by atoms with Gasteiger partial charge in [-0.2, -0.15) is 0 Å². The van der Waals surface area contributed by atoms with Gasteiger partial charge in [0.2, 0.25) is 0 Å². The number of ether oxygens (including phenoxy) is 1. The molecule has 2 saturated carbocycles. The van der Waals surface area contributed by atoms with E-state index in [1.54, 1.807) is 0 Å². The van der Waals surface area contributed by atoms with E-state index in [-0.39, 0.29) is 5.41 Å². The van der Waals surface area contributed by atoms with E-state index in [0.29, 0.717) is 29.4 Å². The molecule has 2 N–H and O–H groups in total. The zero-order valence-corrected chi connectivity index (χ0v) is 22.8. The number of piperidine rings is 1. The van der Waals surface area contributed by atoms with Gasteiger partial charge < -0.3 is 14.9 Å². The van der Waals surface area contributed by atoms with Gasteiger partial charge in [0.15, 0.2) is 0 Å². The molecule has 0 bridgehead atoms. The predicted molar refractivity (Wildman–Crippen MR) is 148 cm³/mol. The first-order valence-electron chi connectivity index (χ1n) is 14.9. The van der Waals surface area contributed by atoms with Crippen molar-refractivity contribution in [3.05, 3.63) is 59.2 Å². The zero-order chi connectivity index (χ0) is 25.6. The van der Waals surface area contributed by atoms with Gasteiger partial charge in [0.25, 0.3) is 0 Å². The van der Waals surface area contributed by atoms with Gasteiger partial charge in [0.05, 0.1) is 5.60 Å². The number of rotatable bonds is 6. The van der Waals surface area contributed by atoms with Crippen molar-refractivity contribution in [2.75, 3.05) is 26.2 Å². The summed E-state index contributed by atoms with van der Waals surface area (Å²) in [7, 11) is 0. The number of likely N-dealkylation sites (tertiary alicyclic amines) is 1. The Hall–Kier alpha value is -2.04. The number of fused-ring (bicyclic) bond motifs is 5. The van der Waals surface area contributed by atoms with E-state index in [1.807, 2.05) is 12.1 Å². The van der Waals surface area contributed by atoms with E-state index in [2.05, 4.69) is 49.1 Å². The van der Waals surface area contributed by atoms with Crippen molar-refractivity contribution in [2.24, 2.45) is 17.3 Å². The molecule has 1 saturated heterocycles. The Balaban J connectivity index is 1.27. The van der Waals surface area contributed by atoms with Crippen molar-refractivity contribution in [2.45, 2.75) is 89.1 Å². The van der Waals surface area contributed by atoms with E-state index in [0.717, 1.165) is 57.4 Å². The van der Waals surface area contributed by atoms with Crippen LogP contribution in [0.4, 0.5) is 0 Å². The van der Waals surface area contributed by atoms with Crippen LogP contribution >= 0.6 is 0 Å². The molecule has 0 radical (unpaired) electrons. The van der Waals surface area contributed by atoms with Crippen LogP contribution in [-0.4, -0.2) is 47.0 Å². The smallest absolute Gasteiger partial charge is 0.119 e. The van der Waals surface area contributed by atoms with Crippen LogP contribution < -0.4 is 4.74 Å². The highest BCUT2D eigenvalue weighted by atomic mass is 16.5. The average Bonchev–Trinajstić information content (AvgIpc) is 3.19. The summed E-state index contributed by atoms with van der Waals surface area (Å²) in [4.78, 5) is 2.52. The van der Waals surface area contributed by atoms with Crippen LogP contribution in [0.15, 0.2) is 42.5 Å². The first-order chi connectivity index (χ1) is 17.9. The van der Waals surface area contributed by atoms with Crippen molar-refractivity contribution in [3.8, 4) is 11.5 Å². The number of aryl methyl sites for hydroxylation is 1. The topological polar surface area (TPSA) is 52.9 Å². The minimum Gasteiger partial charge on any atom is -0.508 e. The molecule has 6 atom stereocenters. The van der Waals surface area contributed by atoms with Gasteiger partial charge in [-0.3, -0.25) is 4.90 Å². The fraction of sp³-hybridized carbons (Fsp3) is 0.636. The highest BCUT2D eigenvalue weighted by molar-refractivity contribution is 5.44. The summed E-state index contributed by atoms with van der Waals surface area (Å²) < 4.78 is 6.16. The Labute approximate surface area is 223 Å².